The van der Waals surface area contributed by atoms with Gasteiger partial charge in [-0.05, 0) is 12.1 Å². The minimum absolute atomic E-state index is 0.0471. The van der Waals surface area contributed by atoms with E-state index in [4.69, 9.17) is 16.7 Å². The lowest BCUT2D eigenvalue weighted by atomic mass is 10.3. The lowest BCUT2D eigenvalue weighted by Crippen LogP contribution is -2.36. The Bertz CT molecular complexity index is 359. The Morgan fingerprint density at radius 3 is 2.75 bits per heavy atom. The summed E-state index contributed by atoms with van der Waals surface area (Å²) in [4.78, 5) is 15.0. The van der Waals surface area contributed by atoms with Crippen molar-refractivity contribution in [1.29, 1.82) is 0 Å². The molecule has 1 heterocycles. The molecule has 2 N–H and O–H groups in total. The summed E-state index contributed by atoms with van der Waals surface area (Å²) in [5.74, 6) is -0.642. The molecule has 0 aromatic carbocycles. The highest BCUT2D eigenvalue weighted by Crippen LogP contribution is 2.06. The highest BCUT2D eigenvalue weighted by molar-refractivity contribution is 6.30. The molecule has 0 fully saturated rings. The van der Waals surface area contributed by atoms with Crippen molar-refractivity contribution in [1.82, 2.24) is 10.3 Å². The first-order valence-corrected chi connectivity index (χ1v) is 4.74. The number of rotatable bonds is 4. The molecule has 0 saturated carbocycles. The van der Waals surface area contributed by atoms with Crippen molar-refractivity contribution in [2.75, 3.05) is 6.54 Å². The molecule has 1 rings (SSSR count). The summed E-state index contributed by atoms with van der Waals surface area (Å²) in [6, 6.07) is 2.80. The average molecular weight is 251 g/mol. The van der Waals surface area contributed by atoms with E-state index in [1.54, 1.807) is 0 Å². The molecule has 7 heteroatoms. The summed E-state index contributed by atoms with van der Waals surface area (Å²) in [6.45, 7) is -0.527. The Balaban J connectivity index is 2.50. The van der Waals surface area contributed by atoms with Crippen molar-refractivity contribution in [3.05, 3.63) is 29.0 Å². The van der Waals surface area contributed by atoms with Crippen molar-refractivity contribution in [2.45, 2.75) is 12.5 Å². The number of hydrogen-bond donors (Lipinski definition) is 2. The van der Waals surface area contributed by atoms with Crippen molar-refractivity contribution < 1.29 is 18.7 Å². The Labute approximate surface area is 95.3 Å². The van der Waals surface area contributed by atoms with Crippen LogP contribution in [0.25, 0.3) is 0 Å². The van der Waals surface area contributed by atoms with Gasteiger partial charge in [0.1, 0.15) is 11.8 Å². The van der Waals surface area contributed by atoms with Gasteiger partial charge in [-0.25, -0.2) is 13.8 Å². The van der Waals surface area contributed by atoms with E-state index in [1.165, 1.54) is 18.3 Å². The summed E-state index contributed by atoms with van der Waals surface area (Å²) < 4.78 is 23.8. The normalized spacial score (nSPS) is 12.6. The van der Waals surface area contributed by atoms with Gasteiger partial charge in [0.25, 0.3) is 12.3 Å². The lowest BCUT2D eigenvalue weighted by molar-refractivity contribution is -0.00272. The predicted molar refractivity (Wildman–Crippen MR) is 53.6 cm³/mol. The van der Waals surface area contributed by atoms with E-state index in [0.29, 0.717) is 5.02 Å². The smallest absolute Gasteiger partial charge is 0.269 e. The fraction of sp³-hybridized carbons (Fsp3) is 0.333. The summed E-state index contributed by atoms with van der Waals surface area (Å²) >= 11 is 5.55. The van der Waals surface area contributed by atoms with Crippen LogP contribution in [0.3, 0.4) is 0 Å². The SMILES string of the molecule is O=C(NCC(O)C(F)F)c1ccc(Cl)cn1. The zero-order valence-electron chi connectivity index (χ0n) is 8.03. The molecule has 0 aliphatic heterocycles. The zero-order valence-corrected chi connectivity index (χ0v) is 8.79. The van der Waals surface area contributed by atoms with Crippen LogP contribution in [0.5, 0.6) is 0 Å². The number of hydrogen-bond acceptors (Lipinski definition) is 3. The van der Waals surface area contributed by atoms with E-state index in [1.807, 2.05) is 0 Å². The van der Waals surface area contributed by atoms with Crippen LogP contribution < -0.4 is 5.32 Å². The molecule has 1 aromatic rings. The number of carbonyl (C=O) groups is 1. The number of nitrogens with one attached hydrogen (secondary N) is 1. The molecule has 1 aromatic heterocycles. The van der Waals surface area contributed by atoms with Gasteiger partial charge in [-0.15, -0.1) is 0 Å². The third-order valence-corrected chi connectivity index (χ3v) is 1.95. The van der Waals surface area contributed by atoms with Gasteiger partial charge in [-0.1, -0.05) is 11.6 Å². The maximum absolute atomic E-state index is 11.9. The molecule has 0 aliphatic carbocycles. The fourth-order valence-electron chi connectivity index (χ4n) is 0.887. The number of aliphatic hydroxyl groups excluding tert-OH is 1. The van der Waals surface area contributed by atoms with Crippen LogP contribution in [-0.4, -0.2) is 35.1 Å². The molecule has 0 radical (unpaired) electrons. The van der Waals surface area contributed by atoms with Crippen LogP contribution in [0, 0.1) is 0 Å². The largest absolute Gasteiger partial charge is 0.385 e. The maximum atomic E-state index is 11.9. The van der Waals surface area contributed by atoms with Gasteiger partial charge in [0.15, 0.2) is 0 Å². The molecular formula is C9H9ClF2N2O2. The van der Waals surface area contributed by atoms with Gasteiger partial charge >= 0.3 is 0 Å². The van der Waals surface area contributed by atoms with Crippen LogP contribution in [0.4, 0.5) is 8.78 Å². The van der Waals surface area contributed by atoms with Gasteiger partial charge in [-0.3, -0.25) is 4.79 Å². The first-order valence-electron chi connectivity index (χ1n) is 4.36. The Morgan fingerprint density at radius 2 is 2.25 bits per heavy atom. The first-order chi connectivity index (χ1) is 7.50. The molecular weight excluding hydrogens is 242 g/mol. The number of carbonyl (C=O) groups excluding carboxylic acids is 1. The number of aliphatic hydroxyl groups is 1. The van der Waals surface area contributed by atoms with Crippen LogP contribution >= 0.6 is 11.6 Å². The summed E-state index contributed by atoms with van der Waals surface area (Å²) in [5, 5.41) is 11.3. The second-order valence-corrected chi connectivity index (χ2v) is 3.41. The molecule has 0 saturated heterocycles. The van der Waals surface area contributed by atoms with Gasteiger partial charge in [-0.2, -0.15) is 0 Å². The molecule has 1 amide bonds. The van der Waals surface area contributed by atoms with E-state index in [2.05, 4.69) is 10.3 Å². The summed E-state index contributed by atoms with van der Waals surface area (Å²) in [5.41, 5.74) is 0.0471. The molecule has 1 atom stereocenters. The minimum atomic E-state index is -2.89. The molecule has 0 aliphatic rings. The first kappa shape index (κ1) is 12.8. The molecule has 88 valence electrons. The summed E-state index contributed by atoms with van der Waals surface area (Å²) in [6.07, 6.45) is -3.50. The van der Waals surface area contributed by atoms with Crippen LogP contribution in [0.2, 0.25) is 5.02 Å². The highest BCUT2D eigenvalue weighted by atomic mass is 35.5. The molecule has 1 unspecified atom stereocenters. The van der Waals surface area contributed by atoms with Crippen molar-refractivity contribution in [3.8, 4) is 0 Å². The highest BCUT2D eigenvalue weighted by Gasteiger charge is 2.18. The van der Waals surface area contributed by atoms with Crippen LogP contribution in [0.15, 0.2) is 18.3 Å². The maximum Gasteiger partial charge on any atom is 0.269 e. The quantitative estimate of drug-likeness (QED) is 0.841. The predicted octanol–water partition coefficient (Wildman–Crippen LogP) is 1.09. The zero-order chi connectivity index (χ0) is 12.1. The third kappa shape index (κ3) is 3.71. The topological polar surface area (TPSA) is 62.2 Å². The number of halogens is 3. The van der Waals surface area contributed by atoms with Gasteiger partial charge in [0, 0.05) is 12.7 Å². The van der Waals surface area contributed by atoms with E-state index >= 15 is 0 Å². The second kappa shape index (κ2) is 5.72. The average Bonchev–Trinajstić information content (AvgIpc) is 2.26. The summed E-state index contributed by atoms with van der Waals surface area (Å²) in [7, 11) is 0. The lowest BCUT2D eigenvalue weighted by Gasteiger charge is -2.10. The number of aromatic nitrogens is 1. The Kier molecular flexibility index (Phi) is 4.57. The number of alkyl halides is 2. The van der Waals surface area contributed by atoms with Gasteiger partial charge < -0.3 is 10.4 Å². The van der Waals surface area contributed by atoms with Crippen molar-refractivity contribution in [3.63, 3.8) is 0 Å². The number of nitrogens with zero attached hydrogens (tertiary/aromatic N) is 1. The monoisotopic (exact) mass is 250 g/mol. The van der Waals surface area contributed by atoms with Crippen molar-refractivity contribution >= 4 is 17.5 Å². The number of amides is 1. The van der Waals surface area contributed by atoms with Gasteiger partial charge in [0.2, 0.25) is 0 Å². The van der Waals surface area contributed by atoms with E-state index in [-0.39, 0.29) is 5.69 Å². The van der Waals surface area contributed by atoms with Crippen molar-refractivity contribution in [2.24, 2.45) is 0 Å². The van der Waals surface area contributed by atoms with Crippen LogP contribution in [0.1, 0.15) is 10.5 Å². The minimum Gasteiger partial charge on any atom is -0.385 e. The Morgan fingerprint density at radius 1 is 1.56 bits per heavy atom. The van der Waals surface area contributed by atoms with E-state index < -0.39 is 25.0 Å². The fourth-order valence-corrected chi connectivity index (χ4v) is 0.999. The molecule has 0 spiro atoms. The van der Waals surface area contributed by atoms with E-state index in [0.717, 1.165) is 0 Å². The Hall–Kier alpha value is -1.27. The third-order valence-electron chi connectivity index (χ3n) is 1.72. The van der Waals surface area contributed by atoms with Crippen LogP contribution in [-0.2, 0) is 0 Å². The second-order valence-electron chi connectivity index (χ2n) is 2.97. The van der Waals surface area contributed by atoms with E-state index in [9.17, 15) is 13.6 Å². The molecule has 4 nitrogen and oxygen atoms in total. The van der Waals surface area contributed by atoms with Gasteiger partial charge in [0.05, 0.1) is 5.02 Å². The standard InChI is InChI=1S/C9H9ClF2N2O2/c10-5-1-2-6(13-3-5)9(16)14-4-7(15)8(11)12/h1-3,7-8,15H,4H2,(H,14,16). The molecule has 16 heavy (non-hydrogen) atoms. The number of pyridine rings is 1. The molecule has 0 bridgehead atoms.